The standard InChI is InChI=1S/C10H12N4O/c11-8-7-1-3-12-10(7)14-9(13-8)6-2-4-15-5-6/h1,3,6H,2,4-5H2,(H3,11,12,13,14). The Bertz CT molecular complexity index is 487. The zero-order chi connectivity index (χ0) is 10.3. The van der Waals surface area contributed by atoms with Gasteiger partial charge in [-0.1, -0.05) is 0 Å². The summed E-state index contributed by atoms with van der Waals surface area (Å²) in [6, 6.07) is 1.89. The van der Waals surface area contributed by atoms with E-state index in [2.05, 4.69) is 15.0 Å². The maximum absolute atomic E-state index is 5.86. The molecule has 5 heteroatoms. The van der Waals surface area contributed by atoms with Gasteiger partial charge in [-0.05, 0) is 12.5 Å². The highest BCUT2D eigenvalue weighted by Gasteiger charge is 2.21. The first kappa shape index (κ1) is 8.67. The van der Waals surface area contributed by atoms with Gasteiger partial charge >= 0.3 is 0 Å². The van der Waals surface area contributed by atoms with E-state index in [0.717, 1.165) is 29.9 Å². The van der Waals surface area contributed by atoms with E-state index in [4.69, 9.17) is 10.5 Å². The number of hydrogen-bond acceptors (Lipinski definition) is 4. The van der Waals surface area contributed by atoms with Crippen LogP contribution in [0.25, 0.3) is 11.0 Å². The van der Waals surface area contributed by atoms with E-state index in [-0.39, 0.29) is 0 Å². The predicted molar refractivity (Wildman–Crippen MR) is 56.5 cm³/mol. The lowest BCUT2D eigenvalue weighted by molar-refractivity contribution is 0.193. The van der Waals surface area contributed by atoms with Crippen LogP contribution in [0.1, 0.15) is 18.2 Å². The lowest BCUT2D eigenvalue weighted by Gasteiger charge is -2.06. The van der Waals surface area contributed by atoms with E-state index < -0.39 is 0 Å². The minimum Gasteiger partial charge on any atom is -0.383 e. The molecule has 0 bridgehead atoms. The molecule has 0 spiro atoms. The molecule has 1 atom stereocenters. The maximum Gasteiger partial charge on any atom is 0.143 e. The number of hydrogen-bond donors (Lipinski definition) is 2. The van der Waals surface area contributed by atoms with Crippen LogP contribution < -0.4 is 5.73 Å². The van der Waals surface area contributed by atoms with Crippen LogP contribution in [0.4, 0.5) is 5.82 Å². The minimum atomic E-state index is 0.292. The second kappa shape index (κ2) is 3.20. The molecule has 1 fully saturated rings. The summed E-state index contributed by atoms with van der Waals surface area (Å²) in [6.07, 6.45) is 2.80. The number of H-pyrrole nitrogens is 1. The molecule has 3 heterocycles. The Morgan fingerprint density at radius 3 is 3.20 bits per heavy atom. The van der Waals surface area contributed by atoms with Crippen LogP contribution in [0, 0.1) is 0 Å². The minimum absolute atomic E-state index is 0.292. The van der Waals surface area contributed by atoms with Gasteiger partial charge in [-0.2, -0.15) is 0 Å². The van der Waals surface area contributed by atoms with Crippen molar-refractivity contribution in [2.75, 3.05) is 18.9 Å². The number of aromatic amines is 1. The third-order valence-electron chi connectivity index (χ3n) is 2.76. The molecule has 0 radical (unpaired) electrons. The van der Waals surface area contributed by atoms with Gasteiger partial charge in [-0.3, -0.25) is 0 Å². The highest BCUT2D eigenvalue weighted by atomic mass is 16.5. The quantitative estimate of drug-likeness (QED) is 0.727. The summed E-state index contributed by atoms with van der Waals surface area (Å²) in [4.78, 5) is 11.8. The Labute approximate surface area is 86.7 Å². The van der Waals surface area contributed by atoms with Crippen molar-refractivity contribution in [1.82, 2.24) is 15.0 Å². The van der Waals surface area contributed by atoms with Crippen molar-refractivity contribution >= 4 is 16.9 Å². The first-order chi connectivity index (χ1) is 7.34. The highest BCUT2D eigenvalue weighted by molar-refractivity contribution is 5.85. The Hall–Kier alpha value is -1.62. The SMILES string of the molecule is Nc1nc(C2CCOC2)nc2[nH]ccc12. The second-order valence-corrected chi connectivity index (χ2v) is 3.77. The average Bonchev–Trinajstić information content (AvgIpc) is 2.88. The summed E-state index contributed by atoms with van der Waals surface area (Å²) in [6.45, 7) is 1.49. The van der Waals surface area contributed by atoms with Crippen LogP contribution in [0.15, 0.2) is 12.3 Å². The third kappa shape index (κ3) is 1.35. The summed E-state index contributed by atoms with van der Waals surface area (Å²) in [5, 5.41) is 0.887. The number of aromatic nitrogens is 3. The topological polar surface area (TPSA) is 76.8 Å². The number of nitrogens with one attached hydrogen (secondary N) is 1. The predicted octanol–water partition coefficient (Wildman–Crippen LogP) is 1.04. The molecule has 3 N–H and O–H groups in total. The highest BCUT2D eigenvalue weighted by Crippen LogP contribution is 2.25. The second-order valence-electron chi connectivity index (χ2n) is 3.77. The van der Waals surface area contributed by atoms with Gasteiger partial charge in [0.15, 0.2) is 0 Å². The number of nitrogen functional groups attached to an aromatic ring is 1. The van der Waals surface area contributed by atoms with Crippen molar-refractivity contribution in [1.29, 1.82) is 0 Å². The van der Waals surface area contributed by atoms with E-state index in [0.29, 0.717) is 18.3 Å². The largest absolute Gasteiger partial charge is 0.383 e. The fourth-order valence-electron chi connectivity index (χ4n) is 1.90. The number of ether oxygens (including phenoxy) is 1. The van der Waals surface area contributed by atoms with Crippen molar-refractivity contribution in [3.63, 3.8) is 0 Å². The number of nitrogens with zero attached hydrogens (tertiary/aromatic N) is 2. The molecule has 78 valence electrons. The fraction of sp³-hybridized carbons (Fsp3) is 0.400. The molecule has 15 heavy (non-hydrogen) atoms. The molecule has 2 aromatic heterocycles. The molecular formula is C10H12N4O. The smallest absolute Gasteiger partial charge is 0.143 e. The Balaban J connectivity index is 2.11. The fourth-order valence-corrected chi connectivity index (χ4v) is 1.90. The number of anilines is 1. The summed E-state index contributed by atoms with van der Waals surface area (Å²) in [5.41, 5.74) is 6.67. The van der Waals surface area contributed by atoms with Gasteiger partial charge in [-0.15, -0.1) is 0 Å². The van der Waals surface area contributed by atoms with Gasteiger partial charge in [-0.25, -0.2) is 9.97 Å². The first-order valence-corrected chi connectivity index (χ1v) is 5.03. The molecular weight excluding hydrogens is 192 g/mol. The number of nitrogens with two attached hydrogens (primary N) is 1. The lowest BCUT2D eigenvalue weighted by Crippen LogP contribution is -2.06. The molecule has 0 amide bonds. The van der Waals surface area contributed by atoms with E-state index in [1.807, 2.05) is 12.3 Å². The number of rotatable bonds is 1. The van der Waals surface area contributed by atoms with Gasteiger partial charge in [0.25, 0.3) is 0 Å². The molecule has 1 aliphatic rings. The van der Waals surface area contributed by atoms with Crippen LogP contribution in [0.2, 0.25) is 0 Å². The van der Waals surface area contributed by atoms with E-state index in [9.17, 15) is 0 Å². The zero-order valence-corrected chi connectivity index (χ0v) is 8.23. The van der Waals surface area contributed by atoms with Crippen molar-refractivity contribution in [2.24, 2.45) is 0 Å². The van der Waals surface area contributed by atoms with Gasteiger partial charge < -0.3 is 15.5 Å². The Morgan fingerprint density at radius 2 is 2.40 bits per heavy atom. The monoisotopic (exact) mass is 204 g/mol. The molecule has 1 aliphatic heterocycles. The molecule has 1 saturated heterocycles. The van der Waals surface area contributed by atoms with Crippen LogP contribution in [-0.4, -0.2) is 28.2 Å². The van der Waals surface area contributed by atoms with E-state index >= 15 is 0 Å². The van der Waals surface area contributed by atoms with Crippen molar-refractivity contribution in [2.45, 2.75) is 12.3 Å². The van der Waals surface area contributed by atoms with Crippen molar-refractivity contribution < 1.29 is 4.74 Å². The van der Waals surface area contributed by atoms with Crippen molar-refractivity contribution in [3.8, 4) is 0 Å². The van der Waals surface area contributed by atoms with Gasteiger partial charge in [0.05, 0.1) is 12.0 Å². The normalized spacial score (nSPS) is 21.2. The van der Waals surface area contributed by atoms with E-state index in [1.165, 1.54) is 0 Å². The molecule has 1 unspecified atom stereocenters. The van der Waals surface area contributed by atoms with E-state index in [1.54, 1.807) is 0 Å². The molecule has 0 saturated carbocycles. The zero-order valence-electron chi connectivity index (χ0n) is 8.23. The van der Waals surface area contributed by atoms with Crippen LogP contribution in [0.5, 0.6) is 0 Å². The molecule has 5 nitrogen and oxygen atoms in total. The Kier molecular flexibility index (Phi) is 1.85. The lowest BCUT2D eigenvalue weighted by atomic mass is 10.1. The van der Waals surface area contributed by atoms with Gasteiger partial charge in [0.2, 0.25) is 0 Å². The Morgan fingerprint density at radius 1 is 1.47 bits per heavy atom. The van der Waals surface area contributed by atoms with Crippen LogP contribution in [0.3, 0.4) is 0 Å². The third-order valence-corrected chi connectivity index (χ3v) is 2.76. The molecule has 2 aromatic rings. The summed E-state index contributed by atoms with van der Waals surface area (Å²) >= 11 is 0. The maximum atomic E-state index is 5.86. The average molecular weight is 204 g/mol. The molecule has 3 rings (SSSR count). The molecule has 0 aromatic carbocycles. The number of fused-ring (bicyclic) bond motifs is 1. The summed E-state index contributed by atoms with van der Waals surface area (Å²) in [5.74, 6) is 1.63. The van der Waals surface area contributed by atoms with Crippen molar-refractivity contribution in [3.05, 3.63) is 18.1 Å². The summed E-state index contributed by atoms with van der Waals surface area (Å²) in [7, 11) is 0. The first-order valence-electron chi connectivity index (χ1n) is 5.03. The van der Waals surface area contributed by atoms with Crippen LogP contribution >= 0.6 is 0 Å². The van der Waals surface area contributed by atoms with Crippen LogP contribution in [-0.2, 0) is 4.74 Å². The molecule has 0 aliphatic carbocycles. The summed E-state index contributed by atoms with van der Waals surface area (Å²) < 4.78 is 5.31. The van der Waals surface area contributed by atoms with Gasteiger partial charge in [0, 0.05) is 18.7 Å². The van der Waals surface area contributed by atoms with Gasteiger partial charge in [0.1, 0.15) is 17.3 Å².